The lowest BCUT2D eigenvalue weighted by Crippen LogP contribution is -2.37. The average molecular weight is 397 g/mol. The van der Waals surface area contributed by atoms with E-state index in [0.717, 1.165) is 16.8 Å². The Kier molecular flexibility index (Phi) is 6.42. The van der Waals surface area contributed by atoms with Crippen LogP contribution in [0, 0.1) is 6.92 Å². The summed E-state index contributed by atoms with van der Waals surface area (Å²) in [5, 5.41) is 0.609. The lowest BCUT2D eigenvalue weighted by atomic mass is 10.1. The van der Waals surface area contributed by atoms with Gasteiger partial charge in [0.15, 0.2) is 0 Å². The summed E-state index contributed by atoms with van der Waals surface area (Å²) in [6.45, 7) is 7.23. The minimum atomic E-state index is -0.726. The van der Waals surface area contributed by atoms with Gasteiger partial charge in [-0.25, -0.2) is 0 Å². The van der Waals surface area contributed by atoms with Crippen LogP contribution in [-0.2, 0) is 4.79 Å². The van der Waals surface area contributed by atoms with Gasteiger partial charge in [-0.05, 0) is 51.1 Å². The van der Waals surface area contributed by atoms with Gasteiger partial charge >= 0.3 is 0 Å². The van der Waals surface area contributed by atoms with Gasteiger partial charge in [0.2, 0.25) is 6.10 Å². The van der Waals surface area contributed by atoms with E-state index in [0.29, 0.717) is 23.9 Å². The Morgan fingerprint density at radius 1 is 1.07 bits per heavy atom. The van der Waals surface area contributed by atoms with Crippen molar-refractivity contribution in [2.24, 2.45) is 0 Å². The number of carbonyl (C=O) groups excluding carboxylic acids is 1. The normalized spacial score (nSPS) is 11.9. The van der Waals surface area contributed by atoms with Crippen molar-refractivity contribution in [3.63, 3.8) is 0 Å². The van der Waals surface area contributed by atoms with Gasteiger partial charge in [-0.15, -0.1) is 0 Å². The van der Waals surface area contributed by atoms with Gasteiger partial charge in [0.05, 0.1) is 5.69 Å². The Labute approximate surface area is 171 Å². The van der Waals surface area contributed by atoms with Crippen molar-refractivity contribution in [2.45, 2.75) is 26.9 Å². The highest BCUT2D eigenvalue weighted by molar-refractivity contribution is 6.30. The van der Waals surface area contributed by atoms with E-state index in [1.807, 2.05) is 86.3 Å². The zero-order valence-electron chi connectivity index (χ0n) is 16.4. The van der Waals surface area contributed by atoms with Crippen LogP contribution in [0.25, 0.3) is 5.69 Å². The second-order valence-electron chi connectivity index (χ2n) is 6.62. The summed E-state index contributed by atoms with van der Waals surface area (Å²) in [5.74, 6) is 0.550. The number of nitrogens with zero attached hydrogens (tertiary/aromatic N) is 2. The molecule has 4 nitrogen and oxygen atoms in total. The zero-order valence-corrected chi connectivity index (χ0v) is 17.2. The van der Waals surface area contributed by atoms with Crippen LogP contribution >= 0.6 is 11.6 Å². The van der Waals surface area contributed by atoms with E-state index in [1.54, 1.807) is 11.0 Å². The number of ether oxygens (including phenoxy) is 1. The van der Waals surface area contributed by atoms with Crippen molar-refractivity contribution in [2.75, 3.05) is 13.1 Å². The summed E-state index contributed by atoms with van der Waals surface area (Å²) >= 11 is 6.22. The summed E-state index contributed by atoms with van der Waals surface area (Å²) in [6.07, 6.45) is 3.12. The second-order valence-corrected chi connectivity index (χ2v) is 7.06. The molecular formula is C23H25ClN2O2. The number of aryl methyl sites for hydroxylation is 1. The smallest absolute Gasteiger partial charge is 0.268 e. The van der Waals surface area contributed by atoms with E-state index < -0.39 is 6.10 Å². The molecule has 0 saturated carbocycles. The fourth-order valence-electron chi connectivity index (χ4n) is 3.12. The van der Waals surface area contributed by atoms with Gasteiger partial charge in [-0.2, -0.15) is 0 Å². The molecule has 28 heavy (non-hydrogen) atoms. The van der Waals surface area contributed by atoms with Gasteiger partial charge in [0.1, 0.15) is 5.75 Å². The second kappa shape index (κ2) is 8.98. The maximum absolute atomic E-state index is 13.2. The predicted octanol–water partition coefficient (Wildman–Crippen LogP) is 5.43. The van der Waals surface area contributed by atoms with Crippen molar-refractivity contribution in [3.8, 4) is 11.4 Å². The molecule has 0 spiro atoms. The summed E-state index contributed by atoms with van der Waals surface area (Å²) in [4.78, 5) is 15.0. The highest BCUT2D eigenvalue weighted by Gasteiger charge is 2.27. The molecule has 2 aromatic carbocycles. The quantitative estimate of drug-likeness (QED) is 0.533. The first kappa shape index (κ1) is 20.0. The molecule has 0 aliphatic carbocycles. The Balaban J connectivity index is 2.03. The molecule has 0 bridgehead atoms. The van der Waals surface area contributed by atoms with Crippen LogP contribution in [0.3, 0.4) is 0 Å². The molecule has 0 aliphatic heterocycles. The number of carbonyl (C=O) groups is 1. The van der Waals surface area contributed by atoms with Gasteiger partial charge in [0.25, 0.3) is 5.91 Å². The number of hydrogen-bond acceptors (Lipinski definition) is 2. The van der Waals surface area contributed by atoms with E-state index in [2.05, 4.69) is 0 Å². The maximum Gasteiger partial charge on any atom is 0.268 e. The third-order valence-electron chi connectivity index (χ3n) is 4.73. The van der Waals surface area contributed by atoms with Crippen molar-refractivity contribution in [3.05, 3.63) is 83.1 Å². The topological polar surface area (TPSA) is 34.5 Å². The number of halogens is 1. The number of amides is 1. The molecule has 0 saturated heterocycles. The van der Waals surface area contributed by atoms with Crippen molar-refractivity contribution in [1.82, 2.24) is 9.47 Å². The molecule has 1 unspecified atom stereocenters. The molecule has 0 aliphatic rings. The SMILES string of the molecule is CCN(CC)C(=O)C(Oc1ccc(Cl)cc1-n1cccc1)c1ccc(C)cc1. The third-order valence-corrected chi connectivity index (χ3v) is 4.96. The summed E-state index contributed by atoms with van der Waals surface area (Å²) < 4.78 is 8.25. The Bertz CT molecular complexity index is 916. The van der Waals surface area contributed by atoms with Crippen molar-refractivity contribution < 1.29 is 9.53 Å². The van der Waals surface area contributed by atoms with E-state index in [4.69, 9.17) is 16.3 Å². The first-order valence-electron chi connectivity index (χ1n) is 9.48. The molecule has 1 heterocycles. The fourth-order valence-corrected chi connectivity index (χ4v) is 3.28. The van der Waals surface area contributed by atoms with Crippen LogP contribution in [-0.4, -0.2) is 28.5 Å². The minimum Gasteiger partial charge on any atom is -0.474 e. The van der Waals surface area contributed by atoms with E-state index in [-0.39, 0.29) is 5.91 Å². The number of likely N-dealkylation sites (N-methyl/N-ethyl adjacent to an activating group) is 1. The monoisotopic (exact) mass is 396 g/mol. The molecule has 146 valence electrons. The standard InChI is InChI=1S/C23H25ClN2O2/c1-4-25(5-2)23(27)22(18-10-8-17(3)9-11-18)28-21-13-12-19(24)16-20(21)26-14-6-7-15-26/h6-16,22H,4-5H2,1-3H3. The van der Waals surface area contributed by atoms with Crippen LogP contribution in [0.1, 0.15) is 31.1 Å². The number of rotatable bonds is 7. The van der Waals surface area contributed by atoms with E-state index in [9.17, 15) is 4.79 Å². The van der Waals surface area contributed by atoms with Gasteiger partial charge in [-0.3, -0.25) is 4.79 Å². The van der Waals surface area contributed by atoms with Crippen LogP contribution in [0.2, 0.25) is 5.02 Å². The highest BCUT2D eigenvalue weighted by Crippen LogP contribution is 2.32. The lowest BCUT2D eigenvalue weighted by molar-refractivity contribution is -0.138. The average Bonchev–Trinajstić information content (AvgIpc) is 3.23. The number of aromatic nitrogens is 1. The molecule has 3 rings (SSSR count). The van der Waals surface area contributed by atoms with Crippen molar-refractivity contribution >= 4 is 17.5 Å². The Morgan fingerprint density at radius 2 is 1.71 bits per heavy atom. The van der Waals surface area contributed by atoms with Gasteiger partial charge in [0, 0.05) is 36.1 Å². The first-order chi connectivity index (χ1) is 13.5. The summed E-state index contributed by atoms with van der Waals surface area (Å²) in [5.41, 5.74) is 2.76. The summed E-state index contributed by atoms with van der Waals surface area (Å²) in [6, 6.07) is 17.2. The largest absolute Gasteiger partial charge is 0.474 e. The van der Waals surface area contributed by atoms with Gasteiger partial charge < -0.3 is 14.2 Å². The first-order valence-corrected chi connectivity index (χ1v) is 9.86. The molecule has 0 fully saturated rings. The van der Waals surface area contributed by atoms with Crippen molar-refractivity contribution in [1.29, 1.82) is 0 Å². The predicted molar refractivity (Wildman–Crippen MR) is 113 cm³/mol. The molecule has 3 aromatic rings. The van der Waals surface area contributed by atoms with E-state index >= 15 is 0 Å². The van der Waals surface area contributed by atoms with Crippen LogP contribution in [0.4, 0.5) is 0 Å². The third kappa shape index (κ3) is 4.39. The highest BCUT2D eigenvalue weighted by atomic mass is 35.5. The van der Waals surface area contributed by atoms with Crippen LogP contribution in [0.15, 0.2) is 67.0 Å². The lowest BCUT2D eigenvalue weighted by Gasteiger charge is -2.27. The molecule has 1 atom stereocenters. The Hall–Kier alpha value is -2.72. The fraction of sp³-hybridized carbons (Fsp3) is 0.261. The molecule has 5 heteroatoms. The zero-order chi connectivity index (χ0) is 20.1. The number of benzene rings is 2. The molecule has 1 amide bonds. The maximum atomic E-state index is 13.2. The number of hydrogen-bond donors (Lipinski definition) is 0. The van der Waals surface area contributed by atoms with E-state index in [1.165, 1.54) is 0 Å². The van der Waals surface area contributed by atoms with Crippen LogP contribution in [0.5, 0.6) is 5.75 Å². The van der Waals surface area contributed by atoms with Gasteiger partial charge in [-0.1, -0.05) is 41.4 Å². The molecular weight excluding hydrogens is 372 g/mol. The van der Waals surface area contributed by atoms with Crippen LogP contribution < -0.4 is 4.74 Å². The molecule has 1 aromatic heterocycles. The minimum absolute atomic E-state index is 0.0535. The summed E-state index contributed by atoms with van der Waals surface area (Å²) in [7, 11) is 0. The molecule has 0 N–H and O–H groups in total. The Morgan fingerprint density at radius 3 is 2.32 bits per heavy atom. The molecule has 0 radical (unpaired) electrons.